The predicted octanol–water partition coefficient (Wildman–Crippen LogP) is 10.8. The van der Waals surface area contributed by atoms with Crippen LogP contribution in [0.3, 0.4) is 0 Å². The lowest BCUT2D eigenvalue weighted by Crippen LogP contribution is -2.00. The van der Waals surface area contributed by atoms with Gasteiger partial charge in [-0.05, 0) is 83.4 Å². The molecule has 0 bridgehead atoms. The Morgan fingerprint density at radius 2 is 0.920 bits per heavy atom. The molecule has 2 heterocycles. The summed E-state index contributed by atoms with van der Waals surface area (Å²) in [5, 5.41) is 34.3. The molecule has 50 heavy (non-hydrogen) atoms. The summed E-state index contributed by atoms with van der Waals surface area (Å²) < 4.78 is 4.45. The highest BCUT2D eigenvalue weighted by atomic mass is 15.0. The van der Waals surface area contributed by atoms with Crippen LogP contribution in [0.25, 0.3) is 77.2 Å². The minimum Gasteiger partial charge on any atom is -0.309 e. The molecule has 0 aliphatic rings. The summed E-state index contributed by atoms with van der Waals surface area (Å²) in [6.07, 6.45) is 0. The van der Waals surface area contributed by atoms with Crippen LogP contribution in [0.1, 0.15) is 16.7 Å². The van der Waals surface area contributed by atoms with Crippen LogP contribution in [0.15, 0.2) is 152 Å². The van der Waals surface area contributed by atoms with E-state index >= 15 is 0 Å². The van der Waals surface area contributed by atoms with E-state index in [1.807, 2.05) is 60.7 Å². The van der Waals surface area contributed by atoms with Crippen molar-refractivity contribution >= 4 is 43.6 Å². The van der Waals surface area contributed by atoms with Gasteiger partial charge in [0.05, 0.1) is 50.5 Å². The van der Waals surface area contributed by atoms with Gasteiger partial charge in [-0.1, -0.05) is 84.9 Å². The molecule has 230 valence electrons. The fourth-order valence-electron chi connectivity index (χ4n) is 7.38. The Labute approximate surface area is 287 Å². The molecule has 0 radical (unpaired) electrons. The van der Waals surface area contributed by atoms with Gasteiger partial charge in [-0.2, -0.15) is 15.8 Å². The summed E-state index contributed by atoms with van der Waals surface area (Å²) in [6, 6.07) is 58.1. The molecule has 0 spiro atoms. The van der Waals surface area contributed by atoms with Crippen LogP contribution in [0.4, 0.5) is 0 Å². The van der Waals surface area contributed by atoms with E-state index in [9.17, 15) is 15.8 Å². The first-order valence-corrected chi connectivity index (χ1v) is 16.3. The SMILES string of the molecule is N#Cc1ccc2c(c1)c1ccccc1n2-c1cc(C#N)c(C#N)cc1-c1cccc(-c2cccc(-n3c4ccccc4c4ccccc43)c2)c1. The zero-order valence-corrected chi connectivity index (χ0v) is 26.7. The molecule has 7 aromatic carbocycles. The molecule has 0 fully saturated rings. The molecule has 0 amide bonds. The van der Waals surface area contributed by atoms with Crippen LogP contribution in [0.5, 0.6) is 0 Å². The molecule has 0 saturated heterocycles. The Morgan fingerprint density at radius 1 is 0.380 bits per heavy atom. The van der Waals surface area contributed by atoms with Crippen LogP contribution in [-0.4, -0.2) is 9.13 Å². The van der Waals surface area contributed by atoms with Gasteiger partial charge in [0.2, 0.25) is 0 Å². The molecule has 5 nitrogen and oxygen atoms in total. The van der Waals surface area contributed by atoms with Crippen molar-refractivity contribution in [2.75, 3.05) is 0 Å². The number of hydrogen-bond donors (Lipinski definition) is 0. The number of aromatic nitrogens is 2. The van der Waals surface area contributed by atoms with E-state index in [2.05, 4.69) is 118 Å². The van der Waals surface area contributed by atoms with Gasteiger partial charge in [0, 0.05) is 32.8 Å². The van der Waals surface area contributed by atoms with E-state index in [0.717, 1.165) is 66.5 Å². The Kier molecular flexibility index (Phi) is 6.56. The number of nitriles is 3. The van der Waals surface area contributed by atoms with Crippen molar-refractivity contribution < 1.29 is 0 Å². The lowest BCUT2D eigenvalue weighted by molar-refractivity contribution is 1.17. The summed E-state index contributed by atoms with van der Waals surface area (Å²) in [6.45, 7) is 0. The maximum Gasteiger partial charge on any atom is 0.101 e. The number of benzene rings is 7. The van der Waals surface area contributed by atoms with Gasteiger partial charge in [-0.3, -0.25) is 0 Å². The van der Waals surface area contributed by atoms with Crippen molar-refractivity contribution in [2.45, 2.75) is 0 Å². The molecule has 5 heteroatoms. The molecule has 0 N–H and O–H groups in total. The number of hydrogen-bond acceptors (Lipinski definition) is 3. The second-order valence-electron chi connectivity index (χ2n) is 12.3. The molecule has 0 aliphatic carbocycles. The fourth-order valence-corrected chi connectivity index (χ4v) is 7.38. The lowest BCUT2D eigenvalue weighted by Gasteiger charge is -2.16. The highest BCUT2D eigenvalue weighted by molar-refractivity contribution is 6.11. The zero-order chi connectivity index (χ0) is 33.8. The standard InChI is InChI=1S/C45H25N5/c46-26-29-19-20-44-40(21-29)38-15-3-6-18-43(38)50(44)45-25-34(28-48)33(27-47)24-39(45)32-11-7-9-30(22-32)31-10-8-12-35(23-31)49-41-16-4-1-13-36(41)37-14-2-5-17-42(37)49/h1-25H. The molecule has 9 aromatic rings. The number of para-hydroxylation sites is 3. The smallest absolute Gasteiger partial charge is 0.101 e. The third-order valence-corrected chi connectivity index (χ3v) is 9.61. The first-order valence-electron chi connectivity index (χ1n) is 16.3. The number of nitrogens with zero attached hydrogens (tertiary/aromatic N) is 5. The van der Waals surface area contributed by atoms with Crippen molar-refractivity contribution in [1.29, 1.82) is 15.8 Å². The Morgan fingerprint density at radius 3 is 1.58 bits per heavy atom. The highest BCUT2D eigenvalue weighted by Crippen LogP contribution is 2.39. The number of rotatable bonds is 4. The Hall–Kier alpha value is -7.39. The van der Waals surface area contributed by atoms with Crippen LogP contribution < -0.4 is 0 Å². The van der Waals surface area contributed by atoms with Crippen molar-refractivity contribution in [2.24, 2.45) is 0 Å². The summed E-state index contributed by atoms with van der Waals surface area (Å²) in [4.78, 5) is 0. The molecule has 0 aliphatic heterocycles. The molecule has 9 rings (SSSR count). The maximum absolute atomic E-state index is 10.1. The zero-order valence-electron chi connectivity index (χ0n) is 26.7. The first kappa shape index (κ1) is 28.8. The average Bonchev–Trinajstić information content (AvgIpc) is 3.70. The van der Waals surface area contributed by atoms with E-state index in [0.29, 0.717) is 16.7 Å². The van der Waals surface area contributed by atoms with Gasteiger partial charge in [-0.15, -0.1) is 0 Å². The van der Waals surface area contributed by atoms with E-state index in [1.54, 1.807) is 0 Å². The monoisotopic (exact) mass is 635 g/mol. The van der Waals surface area contributed by atoms with Gasteiger partial charge in [0.15, 0.2) is 0 Å². The van der Waals surface area contributed by atoms with E-state index in [1.165, 1.54) is 10.8 Å². The average molecular weight is 636 g/mol. The van der Waals surface area contributed by atoms with Gasteiger partial charge in [-0.25, -0.2) is 0 Å². The fraction of sp³-hybridized carbons (Fsp3) is 0. The van der Waals surface area contributed by atoms with Crippen molar-refractivity contribution in [3.05, 3.63) is 168 Å². The molecular formula is C45H25N5. The molecule has 2 aromatic heterocycles. The van der Waals surface area contributed by atoms with E-state index < -0.39 is 0 Å². The van der Waals surface area contributed by atoms with Crippen LogP contribution in [0, 0.1) is 34.0 Å². The van der Waals surface area contributed by atoms with Crippen molar-refractivity contribution in [1.82, 2.24) is 9.13 Å². The van der Waals surface area contributed by atoms with Crippen molar-refractivity contribution in [3.63, 3.8) is 0 Å². The quantitative estimate of drug-likeness (QED) is 0.193. The molecule has 0 unspecified atom stereocenters. The molecule has 0 atom stereocenters. The second-order valence-corrected chi connectivity index (χ2v) is 12.3. The van der Waals surface area contributed by atoms with Crippen molar-refractivity contribution in [3.8, 4) is 51.8 Å². The summed E-state index contributed by atoms with van der Waals surface area (Å²) in [5.74, 6) is 0. The topological polar surface area (TPSA) is 81.2 Å². The maximum atomic E-state index is 10.1. The summed E-state index contributed by atoms with van der Waals surface area (Å²) in [5.41, 5.74) is 11.0. The van der Waals surface area contributed by atoms with Gasteiger partial charge in [0.1, 0.15) is 12.1 Å². The molecular weight excluding hydrogens is 611 g/mol. The third-order valence-electron chi connectivity index (χ3n) is 9.61. The van der Waals surface area contributed by atoms with E-state index in [-0.39, 0.29) is 0 Å². The summed E-state index contributed by atoms with van der Waals surface area (Å²) in [7, 11) is 0. The first-order chi connectivity index (χ1) is 24.7. The van der Waals surface area contributed by atoms with Gasteiger partial charge < -0.3 is 9.13 Å². The largest absolute Gasteiger partial charge is 0.309 e. The Bertz CT molecular complexity index is 2920. The second kappa shape index (κ2) is 11.4. The normalized spacial score (nSPS) is 11.1. The van der Waals surface area contributed by atoms with E-state index in [4.69, 9.17) is 0 Å². The van der Waals surface area contributed by atoms with Crippen LogP contribution in [-0.2, 0) is 0 Å². The van der Waals surface area contributed by atoms with Crippen LogP contribution >= 0.6 is 0 Å². The minimum absolute atomic E-state index is 0.306. The Balaban J connectivity index is 1.25. The third kappa shape index (κ3) is 4.38. The number of fused-ring (bicyclic) bond motifs is 6. The highest BCUT2D eigenvalue weighted by Gasteiger charge is 2.19. The van der Waals surface area contributed by atoms with Crippen LogP contribution in [0.2, 0.25) is 0 Å². The van der Waals surface area contributed by atoms with Gasteiger partial charge in [0.25, 0.3) is 0 Å². The minimum atomic E-state index is 0.306. The lowest BCUT2D eigenvalue weighted by atomic mass is 9.94. The molecule has 0 saturated carbocycles. The van der Waals surface area contributed by atoms with Gasteiger partial charge >= 0.3 is 0 Å². The summed E-state index contributed by atoms with van der Waals surface area (Å²) >= 11 is 0. The predicted molar refractivity (Wildman–Crippen MR) is 200 cm³/mol.